The molecule has 0 spiro atoms. The molecule has 0 radical (unpaired) electrons. The minimum absolute atomic E-state index is 0.381. The zero-order valence-corrected chi connectivity index (χ0v) is 10.3. The van der Waals surface area contributed by atoms with Gasteiger partial charge in [0.2, 0.25) is 5.89 Å². The van der Waals surface area contributed by atoms with E-state index in [9.17, 15) is 0 Å². The van der Waals surface area contributed by atoms with Crippen molar-refractivity contribution in [2.45, 2.75) is 25.8 Å². The van der Waals surface area contributed by atoms with Gasteiger partial charge in [-0.15, -0.1) is 12.3 Å². The van der Waals surface area contributed by atoms with E-state index in [1.165, 1.54) is 11.1 Å². The van der Waals surface area contributed by atoms with Crippen LogP contribution >= 0.6 is 0 Å². The highest BCUT2D eigenvalue weighted by molar-refractivity contribution is 5.28. The molecule has 0 saturated heterocycles. The Morgan fingerprint density at radius 2 is 2.22 bits per heavy atom. The SMILES string of the molecule is C#CCC(N)c1nc(Cc2ccccc2C)no1. The van der Waals surface area contributed by atoms with Crippen molar-refractivity contribution in [3.8, 4) is 12.3 Å². The number of nitrogens with two attached hydrogens (primary N) is 1. The van der Waals surface area contributed by atoms with Crippen LogP contribution in [0.4, 0.5) is 0 Å². The van der Waals surface area contributed by atoms with Gasteiger partial charge in [0.1, 0.15) is 0 Å². The quantitative estimate of drug-likeness (QED) is 0.831. The predicted octanol–water partition coefficient (Wildman–Crippen LogP) is 1.99. The molecule has 0 aliphatic rings. The molecule has 0 saturated carbocycles. The lowest BCUT2D eigenvalue weighted by atomic mass is 10.1. The Morgan fingerprint density at radius 3 is 2.94 bits per heavy atom. The fourth-order valence-electron chi connectivity index (χ4n) is 1.68. The molecule has 0 bridgehead atoms. The Morgan fingerprint density at radius 1 is 1.44 bits per heavy atom. The first-order valence-electron chi connectivity index (χ1n) is 5.76. The molecule has 2 aromatic rings. The molecule has 1 heterocycles. The smallest absolute Gasteiger partial charge is 0.244 e. The average Bonchev–Trinajstić information content (AvgIpc) is 2.81. The van der Waals surface area contributed by atoms with E-state index in [2.05, 4.69) is 29.1 Å². The molecule has 1 aromatic carbocycles. The zero-order valence-electron chi connectivity index (χ0n) is 10.3. The number of terminal acetylenes is 1. The van der Waals surface area contributed by atoms with Gasteiger partial charge < -0.3 is 10.3 Å². The van der Waals surface area contributed by atoms with Gasteiger partial charge in [-0.05, 0) is 18.1 Å². The summed E-state index contributed by atoms with van der Waals surface area (Å²) in [6.07, 6.45) is 6.23. The predicted molar refractivity (Wildman–Crippen MR) is 68.7 cm³/mol. The van der Waals surface area contributed by atoms with Crippen molar-refractivity contribution in [1.29, 1.82) is 0 Å². The van der Waals surface area contributed by atoms with Crippen LogP contribution in [0, 0.1) is 19.3 Å². The second-order valence-corrected chi connectivity index (χ2v) is 4.17. The monoisotopic (exact) mass is 241 g/mol. The number of benzene rings is 1. The molecule has 2 N–H and O–H groups in total. The van der Waals surface area contributed by atoms with Crippen LogP contribution < -0.4 is 5.73 Å². The first kappa shape index (κ1) is 12.3. The average molecular weight is 241 g/mol. The van der Waals surface area contributed by atoms with Crippen molar-refractivity contribution in [1.82, 2.24) is 10.1 Å². The molecule has 92 valence electrons. The van der Waals surface area contributed by atoms with Crippen LogP contribution in [0.15, 0.2) is 28.8 Å². The van der Waals surface area contributed by atoms with E-state index < -0.39 is 0 Å². The number of hydrogen-bond acceptors (Lipinski definition) is 4. The summed E-state index contributed by atoms with van der Waals surface area (Å²) in [5.41, 5.74) is 8.18. The second kappa shape index (κ2) is 5.48. The van der Waals surface area contributed by atoms with Crippen LogP contribution in [-0.4, -0.2) is 10.1 Å². The standard InChI is InChI=1S/C14H15N3O/c1-3-6-12(15)14-16-13(17-18-14)9-11-8-5-4-7-10(11)2/h1,4-5,7-8,12H,6,9,15H2,2H3. The zero-order chi connectivity index (χ0) is 13.0. The third-order valence-electron chi connectivity index (χ3n) is 2.75. The van der Waals surface area contributed by atoms with Crippen LogP contribution in [0.2, 0.25) is 0 Å². The summed E-state index contributed by atoms with van der Waals surface area (Å²) in [6.45, 7) is 2.06. The Bertz CT molecular complexity index is 568. The molecule has 18 heavy (non-hydrogen) atoms. The van der Waals surface area contributed by atoms with E-state index in [1.54, 1.807) is 0 Å². The van der Waals surface area contributed by atoms with Crippen molar-refractivity contribution >= 4 is 0 Å². The van der Waals surface area contributed by atoms with E-state index in [4.69, 9.17) is 16.7 Å². The first-order valence-corrected chi connectivity index (χ1v) is 5.76. The third-order valence-corrected chi connectivity index (χ3v) is 2.75. The van der Waals surface area contributed by atoms with Crippen LogP contribution in [0.1, 0.15) is 35.3 Å². The Labute approximate surface area is 106 Å². The van der Waals surface area contributed by atoms with Gasteiger partial charge in [-0.2, -0.15) is 4.98 Å². The molecule has 0 aliphatic carbocycles. The van der Waals surface area contributed by atoms with Gasteiger partial charge in [-0.25, -0.2) is 0 Å². The second-order valence-electron chi connectivity index (χ2n) is 4.17. The van der Waals surface area contributed by atoms with Gasteiger partial charge in [0.25, 0.3) is 0 Å². The summed E-state index contributed by atoms with van der Waals surface area (Å²) in [5, 5.41) is 3.92. The number of aromatic nitrogens is 2. The Kier molecular flexibility index (Phi) is 3.75. The van der Waals surface area contributed by atoms with E-state index in [0.29, 0.717) is 24.6 Å². The van der Waals surface area contributed by atoms with E-state index in [-0.39, 0.29) is 6.04 Å². The van der Waals surface area contributed by atoms with Crippen LogP contribution in [0.5, 0.6) is 0 Å². The molecular formula is C14H15N3O. The fourth-order valence-corrected chi connectivity index (χ4v) is 1.68. The minimum Gasteiger partial charge on any atom is -0.338 e. The highest BCUT2D eigenvalue weighted by atomic mass is 16.5. The summed E-state index contributed by atoms with van der Waals surface area (Å²) in [5.74, 6) is 3.51. The fraction of sp³-hybridized carbons (Fsp3) is 0.286. The number of aryl methyl sites for hydroxylation is 1. The normalized spacial score (nSPS) is 12.1. The van der Waals surface area contributed by atoms with Gasteiger partial charge in [-0.3, -0.25) is 0 Å². The van der Waals surface area contributed by atoms with E-state index >= 15 is 0 Å². The van der Waals surface area contributed by atoms with E-state index in [1.807, 2.05) is 18.2 Å². The maximum Gasteiger partial charge on any atom is 0.244 e. The summed E-state index contributed by atoms with van der Waals surface area (Å²) >= 11 is 0. The van der Waals surface area contributed by atoms with Crippen molar-refractivity contribution < 1.29 is 4.52 Å². The Hall–Kier alpha value is -2.12. The van der Waals surface area contributed by atoms with Crippen LogP contribution in [0.25, 0.3) is 0 Å². The lowest BCUT2D eigenvalue weighted by Gasteiger charge is -2.01. The topological polar surface area (TPSA) is 64.9 Å². The van der Waals surface area contributed by atoms with Gasteiger partial charge >= 0.3 is 0 Å². The summed E-state index contributed by atoms with van der Waals surface area (Å²) in [7, 11) is 0. The lowest BCUT2D eigenvalue weighted by Crippen LogP contribution is -2.09. The van der Waals surface area contributed by atoms with Crippen molar-refractivity contribution in [3.05, 3.63) is 47.1 Å². The van der Waals surface area contributed by atoms with Gasteiger partial charge in [0.05, 0.1) is 6.04 Å². The molecule has 4 nitrogen and oxygen atoms in total. The molecule has 0 amide bonds. The van der Waals surface area contributed by atoms with Crippen LogP contribution in [0.3, 0.4) is 0 Å². The first-order chi connectivity index (χ1) is 8.70. The Balaban J connectivity index is 2.12. The van der Waals surface area contributed by atoms with Gasteiger partial charge in [-0.1, -0.05) is 29.4 Å². The third kappa shape index (κ3) is 2.76. The number of hydrogen-bond donors (Lipinski definition) is 1. The van der Waals surface area contributed by atoms with Crippen molar-refractivity contribution in [2.75, 3.05) is 0 Å². The maximum atomic E-state index is 5.80. The molecular weight excluding hydrogens is 226 g/mol. The summed E-state index contributed by atoms with van der Waals surface area (Å²) < 4.78 is 5.11. The number of nitrogens with zero attached hydrogens (tertiary/aromatic N) is 2. The van der Waals surface area contributed by atoms with E-state index in [0.717, 1.165) is 0 Å². The van der Waals surface area contributed by atoms with Gasteiger partial charge in [0.15, 0.2) is 5.82 Å². The largest absolute Gasteiger partial charge is 0.338 e. The van der Waals surface area contributed by atoms with Crippen molar-refractivity contribution in [3.63, 3.8) is 0 Å². The molecule has 0 fully saturated rings. The lowest BCUT2D eigenvalue weighted by molar-refractivity contribution is 0.353. The van der Waals surface area contributed by atoms with Crippen molar-refractivity contribution in [2.24, 2.45) is 5.73 Å². The molecule has 4 heteroatoms. The maximum absolute atomic E-state index is 5.80. The highest BCUT2D eigenvalue weighted by Crippen LogP contribution is 2.14. The molecule has 1 unspecified atom stereocenters. The summed E-state index contributed by atoms with van der Waals surface area (Å²) in [6, 6.07) is 7.72. The molecule has 1 aromatic heterocycles. The molecule has 2 rings (SSSR count). The van der Waals surface area contributed by atoms with Gasteiger partial charge in [0, 0.05) is 12.8 Å². The van der Waals surface area contributed by atoms with Crippen LogP contribution in [-0.2, 0) is 6.42 Å². The number of rotatable bonds is 4. The summed E-state index contributed by atoms with van der Waals surface area (Å²) in [4.78, 5) is 4.27. The molecule has 0 aliphatic heterocycles. The molecule has 1 atom stereocenters. The highest BCUT2D eigenvalue weighted by Gasteiger charge is 2.14. The minimum atomic E-state index is -0.381.